The number of piperidine rings is 1. The van der Waals surface area contributed by atoms with E-state index in [0.717, 1.165) is 0 Å². The van der Waals surface area contributed by atoms with Gasteiger partial charge in [-0.15, -0.1) is 0 Å². The van der Waals surface area contributed by atoms with Crippen molar-refractivity contribution in [2.24, 2.45) is 5.92 Å². The predicted molar refractivity (Wildman–Crippen MR) is 99.7 cm³/mol. The average molecular weight is 395 g/mol. The summed E-state index contributed by atoms with van der Waals surface area (Å²) in [5.41, 5.74) is 0.252. The molecule has 0 atom stereocenters. The fraction of sp³-hybridized carbons (Fsp3) is 0.278. The molecule has 0 aliphatic carbocycles. The van der Waals surface area contributed by atoms with E-state index >= 15 is 0 Å². The molecule has 1 fully saturated rings. The van der Waals surface area contributed by atoms with Gasteiger partial charge in [0.2, 0.25) is 15.9 Å². The van der Waals surface area contributed by atoms with Crippen molar-refractivity contribution in [1.82, 2.24) is 4.31 Å². The summed E-state index contributed by atoms with van der Waals surface area (Å²) in [5, 5.41) is 12.9. The Balaban J connectivity index is 1.63. The summed E-state index contributed by atoms with van der Waals surface area (Å²) in [6, 6.07) is 12.7. The zero-order chi connectivity index (χ0) is 18.7. The van der Waals surface area contributed by atoms with Gasteiger partial charge in [-0.05, 0) is 43.2 Å². The third-order valence-electron chi connectivity index (χ3n) is 4.42. The number of rotatable bonds is 4. The number of nitrogens with one attached hydrogen (secondary N) is 1. The van der Waals surface area contributed by atoms with Gasteiger partial charge in [-0.1, -0.05) is 29.8 Å². The molecule has 0 saturated carbocycles. The molecule has 0 bridgehead atoms. The van der Waals surface area contributed by atoms with Gasteiger partial charge >= 0.3 is 0 Å². The van der Waals surface area contributed by atoms with Crippen LogP contribution in [0.2, 0.25) is 5.02 Å². The summed E-state index contributed by atoms with van der Waals surface area (Å²) in [7, 11) is -3.54. The molecular weight excluding hydrogens is 376 g/mol. The smallest absolute Gasteiger partial charge is 0.243 e. The van der Waals surface area contributed by atoms with Crippen molar-refractivity contribution in [3.05, 3.63) is 53.6 Å². The largest absolute Gasteiger partial charge is 0.506 e. The molecule has 1 aliphatic rings. The molecule has 26 heavy (non-hydrogen) atoms. The second-order valence-electron chi connectivity index (χ2n) is 6.14. The van der Waals surface area contributed by atoms with Crippen molar-refractivity contribution in [2.45, 2.75) is 17.7 Å². The molecule has 0 unspecified atom stereocenters. The molecule has 2 N–H and O–H groups in total. The number of sulfonamides is 1. The van der Waals surface area contributed by atoms with Gasteiger partial charge in [0.25, 0.3) is 0 Å². The van der Waals surface area contributed by atoms with Crippen LogP contribution in [0.4, 0.5) is 5.69 Å². The molecule has 3 rings (SSSR count). The van der Waals surface area contributed by atoms with Gasteiger partial charge in [-0.3, -0.25) is 4.79 Å². The summed E-state index contributed by atoms with van der Waals surface area (Å²) in [4.78, 5) is 12.7. The van der Waals surface area contributed by atoms with Crippen molar-refractivity contribution in [3.63, 3.8) is 0 Å². The first-order valence-corrected chi connectivity index (χ1v) is 10.0. The standard InChI is InChI=1S/C18H19ClN2O4S/c19-14-6-7-17(22)16(12-14)20-18(23)13-8-10-21(11-9-13)26(24,25)15-4-2-1-3-5-15/h1-7,12-13,22H,8-11H2,(H,20,23). The van der Waals surface area contributed by atoms with Crippen molar-refractivity contribution in [1.29, 1.82) is 0 Å². The lowest BCUT2D eigenvalue weighted by molar-refractivity contribution is -0.120. The number of anilines is 1. The molecule has 8 heteroatoms. The number of halogens is 1. The highest BCUT2D eigenvalue weighted by Gasteiger charge is 2.32. The number of hydrogen-bond donors (Lipinski definition) is 2. The Morgan fingerprint density at radius 3 is 2.42 bits per heavy atom. The number of carbonyl (C=O) groups excluding carboxylic acids is 1. The van der Waals surface area contributed by atoms with E-state index in [1.54, 1.807) is 30.3 Å². The highest BCUT2D eigenvalue weighted by atomic mass is 35.5. The van der Waals surface area contributed by atoms with E-state index in [4.69, 9.17) is 11.6 Å². The molecule has 0 radical (unpaired) electrons. The summed E-state index contributed by atoms with van der Waals surface area (Å²) >= 11 is 5.88. The SMILES string of the molecule is O=C(Nc1cc(Cl)ccc1O)C1CCN(S(=O)(=O)c2ccccc2)CC1. The van der Waals surface area contributed by atoms with Gasteiger partial charge in [-0.25, -0.2) is 8.42 Å². The summed E-state index contributed by atoms with van der Waals surface area (Å²) < 4.78 is 26.6. The third-order valence-corrected chi connectivity index (χ3v) is 6.57. The molecule has 138 valence electrons. The Kier molecular flexibility index (Phi) is 5.50. The molecule has 2 aromatic rings. The van der Waals surface area contributed by atoms with Gasteiger partial charge in [0.05, 0.1) is 10.6 Å². The van der Waals surface area contributed by atoms with Crippen LogP contribution in [0.25, 0.3) is 0 Å². The van der Waals surface area contributed by atoms with Crippen molar-refractivity contribution in [2.75, 3.05) is 18.4 Å². The average Bonchev–Trinajstić information content (AvgIpc) is 2.65. The Morgan fingerprint density at radius 2 is 1.77 bits per heavy atom. The maximum atomic E-state index is 12.6. The second-order valence-corrected chi connectivity index (χ2v) is 8.52. The maximum Gasteiger partial charge on any atom is 0.243 e. The molecule has 1 aliphatic heterocycles. The Morgan fingerprint density at radius 1 is 1.12 bits per heavy atom. The highest BCUT2D eigenvalue weighted by molar-refractivity contribution is 7.89. The van der Waals surface area contributed by atoms with Gasteiger partial charge in [0.15, 0.2) is 0 Å². The number of carbonyl (C=O) groups is 1. The normalized spacial score (nSPS) is 16.3. The summed E-state index contributed by atoms with van der Waals surface area (Å²) in [6.07, 6.45) is 0.832. The molecule has 0 aromatic heterocycles. The Hall–Kier alpha value is -2.09. The van der Waals surface area contributed by atoms with Gasteiger partial charge in [0.1, 0.15) is 5.75 Å². The van der Waals surface area contributed by atoms with Crippen LogP contribution in [0.1, 0.15) is 12.8 Å². The van der Waals surface area contributed by atoms with Crippen molar-refractivity contribution in [3.8, 4) is 5.75 Å². The van der Waals surface area contributed by atoms with Crippen molar-refractivity contribution >= 4 is 33.2 Å². The van der Waals surface area contributed by atoms with Crippen LogP contribution in [0, 0.1) is 5.92 Å². The number of aromatic hydroxyl groups is 1. The van der Waals surface area contributed by atoms with E-state index in [-0.39, 0.29) is 41.2 Å². The van der Waals surface area contributed by atoms with E-state index in [9.17, 15) is 18.3 Å². The minimum atomic E-state index is -3.54. The second kappa shape index (κ2) is 7.65. The van der Waals surface area contributed by atoms with E-state index in [1.807, 2.05) is 0 Å². The Bertz CT molecular complexity index is 895. The molecule has 1 amide bonds. The molecule has 2 aromatic carbocycles. The van der Waals surface area contributed by atoms with Crippen LogP contribution in [-0.2, 0) is 14.8 Å². The lowest BCUT2D eigenvalue weighted by Gasteiger charge is -2.30. The monoisotopic (exact) mass is 394 g/mol. The zero-order valence-corrected chi connectivity index (χ0v) is 15.5. The number of phenolic OH excluding ortho intramolecular Hbond substituents is 1. The molecule has 6 nitrogen and oxygen atoms in total. The fourth-order valence-corrected chi connectivity index (χ4v) is 4.61. The van der Waals surface area contributed by atoms with Crippen LogP contribution >= 0.6 is 11.6 Å². The maximum absolute atomic E-state index is 12.6. The number of hydrogen-bond acceptors (Lipinski definition) is 4. The first-order chi connectivity index (χ1) is 12.4. The lowest BCUT2D eigenvalue weighted by atomic mass is 9.97. The highest BCUT2D eigenvalue weighted by Crippen LogP contribution is 2.29. The number of nitrogens with zero attached hydrogens (tertiary/aromatic N) is 1. The first kappa shape index (κ1) is 18.7. The lowest BCUT2D eigenvalue weighted by Crippen LogP contribution is -2.41. The van der Waals surface area contributed by atoms with Crippen molar-refractivity contribution < 1.29 is 18.3 Å². The van der Waals surface area contributed by atoms with Crippen LogP contribution in [0.15, 0.2) is 53.4 Å². The van der Waals surface area contributed by atoms with Crippen LogP contribution < -0.4 is 5.32 Å². The third kappa shape index (κ3) is 4.00. The summed E-state index contributed by atoms with van der Waals surface area (Å²) in [5.74, 6) is -0.637. The number of phenols is 1. The fourth-order valence-electron chi connectivity index (χ4n) is 2.94. The van der Waals surface area contributed by atoms with Gasteiger partial charge < -0.3 is 10.4 Å². The zero-order valence-electron chi connectivity index (χ0n) is 13.9. The Labute approximate surface area is 157 Å². The summed E-state index contributed by atoms with van der Waals surface area (Å²) in [6.45, 7) is 0.549. The topological polar surface area (TPSA) is 86.7 Å². The van der Waals surface area contributed by atoms with Gasteiger partial charge in [0, 0.05) is 24.0 Å². The number of benzene rings is 2. The van der Waals surface area contributed by atoms with Crippen LogP contribution in [0.3, 0.4) is 0 Å². The molecular formula is C18H19ClN2O4S. The van der Waals surface area contributed by atoms with Gasteiger partial charge in [-0.2, -0.15) is 4.31 Å². The van der Waals surface area contributed by atoms with E-state index in [2.05, 4.69) is 5.32 Å². The van der Waals surface area contributed by atoms with Crippen LogP contribution in [-0.4, -0.2) is 36.8 Å². The molecule has 1 saturated heterocycles. The van der Waals surface area contributed by atoms with E-state index < -0.39 is 10.0 Å². The molecule has 1 heterocycles. The minimum absolute atomic E-state index is 0.0631. The predicted octanol–water partition coefficient (Wildman–Crippen LogP) is 3.09. The number of amides is 1. The molecule has 0 spiro atoms. The first-order valence-electron chi connectivity index (χ1n) is 8.22. The van der Waals surface area contributed by atoms with E-state index in [1.165, 1.54) is 22.5 Å². The quantitative estimate of drug-likeness (QED) is 0.780. The minimum Gasteiger partial charge on any atom is -0.506 e. The van der Waals surface area contributed by atoms with Crippen LogP contribution in [0.5, 0.6) is 5.75 Å². The van der Waals surface area contributed by atoms with E-state index in [0.29, 0.717) is 17.9 Å².